The number of anilines is 1. The van der Waals surface area contributed by atoms with Gasteiger partial charge in [0, 0.05) is 35.6 Å². The van der Waals surface area contributed by atoms with Crippen LogP contribution in [0.15, 0.2) is 41.8 Å². The van der Waals surface area contributed by atoms with Gasteiger partial charge in [-0.25, -0.2) is 0 Å². The molecule has 1 aromatic heterocycles. The molecule has 0 bridgehead atoms. The number of nitrogens with zero attached hydrogens (tertiary/aromatic N) is 1. The van der Waals surface area contributed by atoms with Crippen molar-refractivity contribution in [1.82, 2.24) is 4.90 Å². The molecular weight excluding hydrogens is 256 g/mol. The molecule has 100 valence electrons. The lowest BCUT2D eigenvalue weighted by atomic mass is 10.1. The Morgan fingerprint density at radius 3 is 2.58 bits per heavy atom. The van der Waals surface area contributed by atoms with E-state index in [1.165, 1.54) is 4.88 Å². The first-order chi connectivity index (χ1) is 9.08. The van der Waals surface area contributed by atoms with Crippen LogP contribution in [0, 0.1) is 0 Å². The Kier molecular flexibility index (Phi) is 4.22. The summed E-state index contributed by atoms with van der Waals surface area (Å²) < 4.78 is 0. The van der Waals surface area contributed by atoms with Gasteiger partial charge in [-0.2, -0.15) is 0 Å². The fourth-order valence-corrected chi connectivity index (χ4v) is 2.71. The molecular formula is C15H18N2OS. The monoisotopic (exact) mass is 274 g/mol. The normalized spacial score (nSPS) is 12.1. The Balaban J connectivity index is 2.04. The van der Waals surface area contributed by atoms with E-state index >= 15 is 0 Å². The fourth-order valence-electron chi connectivity index (χ4n) is 1.89. The maximum Gasteiger partial charge on any atom is 0.253 e. The molecule has 2 rings (SSSR count). The van der Waals surface area contributed by atoms with Crippen molar-refractivity contribution in [2.24, 2.45) is 0 Å². The van der Waals surface area contributed by atoms with Crippen molar-refractivity contribution in [2.45, 2.75) is 19.4 Å². The van der Waals surface area contributed by atoms with Crippen LogP contribution < -0.4 is 5.73 Å². The largest absolute Gasteiger partial charge is 0.399 e. The van der Waals surface area contributed by atoms with Crippen LogP contribution in [0.2, 0.25) is 0 Å². The third-order valence-electron chi connectivity index (χ3n) is 3.22. The summed E-state index contributed by atoms with van der Waals surface area (Å²) in [4.78, 5) is 15.4. The van der Waals surface area contributed by atoms with Gasteiger partial charge >= 0.3 is 0 Å². The van der Waals surface area contributed by atoms with E-state index in [0.29, 0.717) is 11.3 Å². The summed E-state index contributed by atoms with van der Waals surface area (Å²) in [5, 5.41) is 2.06. The minimum Gasteiger partial charge on any atom is -0.399 e. The third-order valence-corrected chi connectivity index (χ3v) is 4.11. The van der Waals surface area contributed by atoms with Crippen molar-refractivity contribution in [3.8, 4) is 0 Å². The van der Waals surface area contributed by atoms with Gasteiger partial charge in [0.2, 0.25) is 0 Å². The summed E-state index contributed by atoms with van der Waals surface area (Å²) in [5.41, 5.74) is 6.98. The van der Waals surface area contributed by atoms with Crippen LogP contribution in [-0.2, 0) is 6.42 Å². The Morgan fingerprint density at radius 2 is 2.00 bits per heavy atom. The summed E-state index contributed by atoms with van der Waals surface area (Å²) >= 11 is 1.72. The van der Waals surface area contributed by atoms with Gasteiger partial charge in [-0.05, 0) is 42.6 Å². The highest BCUT2D eigenvalue weighted by Gasteiger charge is 2.17. The van der Waals surface area contributed by atoms with Crippen molar-refractivity contribution >= 4 is 22.9 Å². The Morgan fingerprint density at radius 1 is 1.32 bits per heavy atom. The van der Waals surface area contributed by atoms with Crippen LogP contribution in [0.1, 0.15) is 22.2 Å². The second kappa shape index (κ2) is 5.89. The summed E-state index contributed by atoms with van der Waals surface area (Å²) in [6, 6.07) is 11.4. The molecule has 0 aliphatic heterocycles. The molecule has 1 unspecified atom stereocenters. The van der Waals surface area contributed by atoms with Crippen LogP contribution in [0.25, 0.3) is 0 Å². The number of nitrogens with two attached hydrogens (primary N) is 1. The second-order valence-corrected chi connectivity index (χ2v) is 5.70. The number of hydrogen-bond donors (Lipinski definition) is 1. The molecule has 0 spiro atoms. The number of carbonyl (C=O) groups is 1. The molecule has 0 saturated heterocycles. The molecule has 1 atom stereocenters. The van der Waals surface area contributed by atoms with Gasteiger partial charge in [0.05, 0.1) is 0 Å². The van der Waals surface area contributed by atoms with Crippen molar-refractivity contribution < 1.29 is 4.79 Å². The quantitative estimate of drug-likeness (QED) is 0.871. The molecule has 0 aliphatic carbocycles. The highest BCUT2D eigenvalue weighted by molar-refractivity contribution is 7.09. The Labute approximate surface area is 117 Å². The van der Waals surface area contributed by atoms with E-state index in [4.69, 9.17) is 5.73 Å². The first-order valence-electron chi connectivity index (χ1n) is 6.23. The zero-order valence-electron chi connectivity index (χ0n) is 11.2. The zero-order valence-corrected chi connectivity index (χ0v) is 12.0. The van der Waals surface area contributed by atoms with E-state index in [0.717, 1.165) is 6.42 Å². The molecule has 4 heteroatoms. The molecule has 0 saturated carbocycles. The summed E-state index contributed by atoms with van der Waals surface area (Å²) in [6.45, 7) is 2.06. The number of benzene rings is 1. The van der Waals surface area contributed by atoms with Crippen molar-refractivity contribution in [3.63, 3.8) is 0 Å². The summed E-state index contributed by atoms with van der Waals surface area (Å²) in [7, 11) is 1.84. The molecule has 0 aliphatic rings. The number of carbonyl (C=O) groups excluding carboxylic acids is 1. The molecule has 3 nitrogen and oxygen atoms in total. The van der Waals surface area contributed by atoms with Gasteiger partial charge in [-0.3, -0.25) is 4.79 Å². The lowest BCUT2D eigenvalue weighted by Crippen LogP contribution is -2.36. The molecule has 19 heavy (non-hydrogen) atoms. The molecule has 1 heterocycles. The van der Waals surface area contributed by atoms with Gasteiger partial charge in [0.1, 0.15) is 0 Å². The molecule has 2 aromatic rings. The van der Waals surface area contributed by atoms with Gasteiger partial charge in [-0.15, -0.1) is 11.3 Å². The van der Waals surface area contributed by atoms with Crippen LogP contribution >= 0.6 is 11.3 Å². The van der Waals surface area contributed by atoms with Gasteiger partial charge in [0.15, 0.2) is 0 Å². The third kappa shape index (κ3) is 3.35. The molecule has 2 N–H and O–H groups in total. The lowest BCUT2D eigenvalue weighted by molar-refractivity contribution is 0.0744. The fraction of sp³-hybridized carbons (Fsp3) is 0.267. The first-order valence-corrected chi connectivity index (χ1v) is 7.11. The van der Waals surface area contributed by atoms with Gasteiger partial charge in [-0.1, -0.05) is 6.07 Å². The number of nitrogen functional groups attached to an aromatic ring is 1. The zero-order chi connectivity index (χ0) is 13.8. The minimum atomic E-state index is 0.0315. The first kappa shape index (κ1) is 13.6. The predicted octanol–water partition coefficient (Wildman–Crippen LogP) is 3.03. The lowest BCUT2D eigenvalue weighted by Gasteiger charge is -2.24. The van der Waals surface area contributed by atoms with Crippen LogP contribution in [0.3, 0.4) is 0 Å². The highest BCUT2D eigenvalue weighted by Crippen LogP contribution is 2.15. The smallest absolute Gasteiger partial charge is 0.253 e. The average molecular weight is 274 g/mol. The Hall–Kier alpha value is -1.81. The molecule has 0 fully saturated rings. The molecule has 1 amide bonds. The SMILES string of the molecule is CC(Cc1cccs1)N(C)C(=O)c1ccc(N)cc1. The van der Waals surface area contributed by atoms with E-state index < -0.39 is 0 Å². The van der Waals surface area contributed by atoms with E-state index in [2.05, 4.69) is 18.4 Å². The van der Waals surface area contributed by atoms with Crippen LogP contribution in [0.4, 0.5) is 5.69 Å². The van der Waals surface area contributed by atoms with Crippen molar-refractivity contribution in [2.75, 3.05) is 12.8 Å². The van der Waals surface area contributed by atoms with Crippen LogP contribution in [0.5, 0.6) is 0 Å². The second-order valence-electron chi connectivity index (χ2n) is 4.67. The number of hydrogen-bond acceptors (Lipinski definition) is 3. The number of amides is 1. The van der Waals surface area contributed by atoms with Gasteiger partial charge in [0.25, 0.3) is 5.91 Å². The highest BCUT2D eigenvalue weighted by atomic mass is 32.1. The minimum absolute atomic E-state index is 0.0315. The maximum atomic E-state index is 12.3. The standard InChI is InChI=1S/C15H18N2OS/c1-11(10-14-4-3-9-19-14)17(2)15(18)12-5-7-13(16)8-6-12/h3-9,11H,10,16H2,1-2H3. The summed E-state index contributed by atoms with van der Waals surface area (Å²) in [6.07, 6.45) is 0.884. The van der Waals surface area contributed by atoms with E-state index in [-0.39, 0.29) is 11.9 Å². The number of rotatable bonds is 4. The van der Waals surface area contributed by atoms with Crippen LogP contribution in [-0.4, -0.2) is 23.9 Å². The maximum absolute atomic E-state index is 12.3. The van der Waals surface area contributed by atoms with Gasteiger partial charge < -0.3 is 10.6 Å². The molecule has 1 aromatic carbocycles. The topological polar surface area (TPSA) is 46.3 Å². The molecule has 0 radical (unpaired) electrons. The van der Waals surface area contributed by atoms with E-state index in [1.807, 2.05) is 13.1 Å². The number of thiophene rings is 1. The Bertz CT molecular complexity index is 534. The predicted molar refractivity (Wildman–Crippen MR) is 80.4 cm³/mol. The van der Waals surface area contributed by atoms with E-state index in [9.17, 15) is 4.79 Å². The summed E-state index contributed by atoms with van der Waals surface area (Å²) in [5.74, 6) is 0.0315. The average Bonchev–Trinajstić information content (AvgIpc) is 2.90. The number of likely N-dealkylation sites (N-methyl/N-ethyl adjacent to an activating group) is 1. The van der Waals surface area contributed by atoms with E-state index in [1.54, 1.807) is 40.5 Å². The van der Waals surface area contributed by atoms with Crippen molar-refractivity contribution in [3.05, 3.63) is 52.2 Å². The van der Waals surface area contributed by atoms with Crippen molar-refractivity contribution in [1.29, 1.82) is 0 Å².